The first-order valence-electron chi connectivity index (χ1n) is 4.31. The van der Waals surface area contributed by atoms with Crippen LogP contribution in [0.25, 0.3) is 0 Å². The van der Waals surface area contributed by atoms with Gasteiger partial charge in [0.15, 0.2) is 5.78 Å². The average molecular weight is 191 g/mol. The van der Waals surface area contributed by atoms with Crippen molar-refractivity contribution in [3.63, 3.8) is 0 Å². The SMILES string of the molecule is COc1cncc(C(=O)C=C(C)C)c1. The third kappa shape index (κ3) is 2.69. The summed E-state index contributed by atoms with van der Waals surface area (Å²) in [6.07, 6.45) is 4.68. The Kier molecular flexibility index (Phi) is 3.40. The van der Waals surface area contributed by atoms with Gasteiger partial charge in [0.25, 0.3) is 0 Å². The highest BCUT2D eigenvalue weighted by Crippen LogP contribution is 2.11. The minimum absolute atomic E-state index is 0.0450. The second-order valence-electron chi connectivity index (χ2n) is 3.20. The fraction of sp³-hybridized carbons (Fsp3) is 0.273. The van der Waals surface area contributed by atoms with E-state index < -0.39 is 0 Å². The highest BCUT2D eigenvalue weighted by atomic mass is 16.5. The van der Waals surface area contributed by atoms with Crippen LogP contribution in [0.3, 0.4) is 0 Å². The van der Waals surface area contributed by atoms with E-state index in [0.717, 1.165) is 5.57 Å². The smallest absolute Gasteiger partial charge is 0.187 e. The van der Waals surface area contributed by atoms with Crippen LogP contribution in [0.5, 0.6) is 5.75 Å². The van der Waals surface area contributed by atoms with E-state index in [1.54, 1.807) is 25.4 Å². The zero-order valence-corrected chi connectivity index (χ0v) is 8.57. The Morgan fingerprint density at radius 1 is 1.43 bits per heavy atom. The molecule has 0 aliphatic heterocycles. The molecule has 0 fully saturated rings. The molecule has 0 spiro atoms. The number of ether oxygens (including phenoxy) is 1. The van der Waals surface area contributed by atoms with E-state index in [2.05, 4.69) is 4.98 Å². The predicted molar refractivity (Wildman–Crippen MR) is 54.6 cm³/mol. The molecule has 0 atom stereocenters. The van der Waals surface area contributed by atoms with Crippen LogP contribution in [0.15, 0.2) is 30.1 Å². The Balaban J connectivity index is 2.96. The molecule has 3 nitrogen and oxygen atoms in total. The number of hydrogen-bond acceptors (Lipinski definition) is 3. The molecule has 0 saturated heterocycles. The number of rotatable bonds is 3. The van der Waals surface area contributed by atoms with Crippen LogP contribution in [0.2, 0.25) is 0 Å². The number of hydrogen-bond donors (Lipinski definition) is 0. The lowest BCUT2D eigenvalue weighted by Crippen LogP contribution is -1.97. The quantitative estimate of drug-likeness (QED) is 0.543. The molecule has 1 rings (SSSR count). The Morgan fingerprint density at radius 2 is 2.14 bits per heavy atom. The molecule has 1 aromatic rings. The number of nitrogens with zero attached hydrogens (tertiary/aromatic N) is 1. The van der Waals surface area contributed by atoms with Crippen molar-refractivity contribution in [2.45, 2.75) is 13.8 Å². The van der Waals surface area contributed by atoms with Crippen molar-refractivity contribution in [1.29, 1.82) is 0 Å². The summed E-state index contributed by atoms with van der Waals surface area (Å²) in [5.41, 5.74) is 1.52. The third-order valence-corrected chi connectivity index (χ3v) is 1.65. The van der Waals surface area contributed by atoms with Gasteiger partial charge in [0.1, 0.15) is 5.75 Å². The molecule has 0 N–H and O–H groups in total. The molecule has 0 aliphatic carbocycles. The van der Waals surface area contributed by atoms with Crippen LogP contribution < -0.4 is 4.74 Å². The van der Waals surface area contributed by atoms with Gasteiger partial charge in [-0.15, -0.1) is 0 Å². The summed E-state index contributed by atoms with van der Waals surface area (Å²) < 4.78 is 4.97. The van der Waals surface area contributed by atoms with Crippen LogP contribution in [0, 0.1) is 0 Å². The predicted octanol–water partition coefficient (Wildman–Crippen LogP) is 2.24. The highest BCUT2D eigenvalue weighted by Gasteiger charge is 2.03. The van der Waals surface area contributed by atoms with Gasteiger partial charge >= 0.3 is 0 Å². The first kappa shape index (κ1) is 10.4. The first-order chi connectivity index (χ1) is 6.63. The lowest BCUT2D eigenvalue weighted by Gasteiger charge is -2.00. The number of ketones is 1. The molecule has 0 aliphatic rings. The number of aromatic nitrogens is 1. The summed E-state index contributed by atoms with van der Waals surface area (Å²) in [7, 11) is 1.55. The van der Waals surface area contributed by atoms with Gasteiger partial charge in [0.2, 0.25) is 0 Å². The molecule has 0 bridgehead atoms. The molecule has 3 heteroatoms. The van der Waals surface area contributed by atoms with Gasteiger partial charge in [-0.05, 0) is 26.0 Å². The normalized spacial score (nSPS) is 9.36. The first-order valence-corrected chi connectivity index (χ1v) is 4.31. The zero-order valence-electron chi connectivity index (χ0n) is 8.57. The van der Waals surface area contributed by atoms with Crippen molar-refractivity contribution < 1.29 is 9.53 Å². The van der Waals surface area contributed by atoms with E-state index >= 15 is 0 Å². The van der Waals surface area contributed by atoms with Gasteiger partial charge in [-0.25, -0.2) is 0 Å². The fourth-order valence-corrected chi connectivity index (χ4v) is 1.01. The minimum Gasteiger partial charge on any atom is -0.495 e. The lowest BCUT2D eigenvalue weighted by molar-refractivity contribution is 0.104. The molecule has 74 valence electrons. The number of allylic oxidation sites excluding steroid dienone is 2. The van der Waals surface area contributed by atoms with Gasteiger partial charge in [-0.2, -0.15) is 0 Å². The van der Waals surface area contributed by atoms with E-state index in [1.807, 2.05) is 13.8 Å². The van der Waals surface area contributed by atoms with Crippen molar-refractivity contribution in [3.05, 3.63) is 35.7 Å². The second kappa shape index (κ2) is 4.56. The van der Waals surface area contributed by atoms with E-state index in [4.69, 9.17) is 4.74 Å². The van der Waals surface area contributed by atoms with Crippen LogP contribution in [0.1, 0.15) is 24.2 Å². The topological polar surface area (TPSA) is 39.2 Å². The summed E-state index contributed by atoms with van der Waals surface area (Å²) in [6.45, 7) is 3.76. The monoisotopic (exact) mass is 191 g/mol. The van der Waals surface area contributed by atoms with E-state index in [9.17, 15) is 4.79 Å². The molecule has 0 saturated carbocycles. The summed E-state index contributed by atoms with van der Waals surface area (Å²) >= 11 is 0. The van der Waals surface area contributed by atoms with E-state index in [1.165, 1.54) is 6.20 Å². The maximum Gasteiger partial charge on any atom is 0.187 e. The largest absolute Gasteiger partial charge is 0.495 e. The highest BCUT2D eigenvalue weighted by molar-refractivity contribution is 6.04. The molecule has 0 aromatic carbocycles. The molecule has 14 heavy (non-hydrogen) atoms. The minimum atomic E-state index is -0.0450. The van der Waals surface area contributed by atoms with Gasteiger partial charge in [0, 0.05) is 11.8 Å². The molecule has 1 heterocycles. The van der Waals surface area contributed by atoms with Crippen LogP contribution in [0.4, 0.5) is 0 Å². The van der Waals surface area contributed by atoms with E-state index in [0.29, 0.717) is 11.3 Å². The van der Waals surface area contributed by atoms with Crippen LogP contribution in [-0.4, -0.2) is 17.9 Å². The third-order valence-electron chi connectivity index (χ3n) is 1.65. The summed E-state index contributed by atoms with van der Waals surface area (Å²) in [5.74, 6) is 0.550. The van der Waals surface area contributed by atoms with Gasteiger partial charge in [0.05, 0.1) is 13.3 Å². The fourth-order valence-electron chi connectivity index (χ4n) is 1.01. The van der Waals surface area contributed by atoms with Crippen molar-refractivity contribution in [3.8, 4) is 5.75 Å². The second-order valence-corrected chi connectivity index (χ2v) is 3.20. The molecule has 0 unspecified atom stereocenters. The molecular weight excluding hydrogens is 178 g/mol. The zero-order chi connectivity index (χ0) is 10.6. The summed E-state index contributed by atoms with van der Waals surface area (Å²) in [5, 5.41) is 0. The van der Waals surface area contributed by atoms with Gasteiger partial charge in [-0.1, -0.05) is 5.57 Å². The van der Waals surface area contributed by atoms with Crippen LogP contribution >= 0.6 is 0 Å². The molecule has 0 amide bonds. The Morgan fingerprint density at radius 3 is 2.71 bits per heavy atom. The van der Waals surface area contributed by atoms with Crippen LogP contribution in [-0.2, 0) is 0 Å². The van der Waals surface area contributed by atoms with E-state index in [-0.39, 0.29) is 5.78 Å². The van der Waals surface area contributed by atoms with Crippen molar-refractivity contribution in [2.75, 3.05) is 7.11 Å². The number of carbonyl (C=O) groups excluding carboxylic acids is 1. The standard InChI is InChI=1S/C11H13NO2/c1-8(2)4-11(13)9-5-10(14-3)7-12-6-9/h4-7H,1-3H3. The molecular formula is C11H13NO2. The van der Waals surface area contributed by atoms with Crippen molar-refractivity contribution in [2.24, 2.45) is 0 Å². The number of carbonyl (C=O) groups is 1. The maximum absolute atomic E-state index is 11.6. The Labute approximate surface area is 83.4 Å². The Bertz CT molecular complexity index is 365. The van der Waals surface area contributed by atoms with Gasteiger partial charge in [-0.3, -0.25) is 9.78 Å². The molecule has 0 radical (unpaired) electrons. The summed E-state index contributed by atoms with van der Waals surface area (Å²) in [6, 6.07) is 1.68. The maximum atomic E-state index is 11.6. The summed E-state index contributed by atoms with van der Waals surface area (Å²) in [4.78, 5) is 15.5. The Hall–Kier alpha value is -1.64. The van der Waals surface area contributed by atoms with Crippen molar-refractivity contribution in [1.82, 2.24) is 4.98 Å². The molecule has 1 aromatic heterocycles. The number of methoxy groups -OCH3 is 1. The lowest BCUT2D eigenvalue weighted by atomic mass is 10.1. The van der Waals surface area contributed by atoms with Gasteiger partial charge < -0.3 is 4.74 Å². The average Bonchev–Trinajstić information content (AvgIpc) is 2.17. The number of pyridine rings is 1. The van der Waals surface area contributed by atoms with Crippen molar-refractivity contribution >= 4 is 5.78 Å².